The van der Waals surface area contributed by atoms with Gasteiger partial charge in [0.2, 0.25) is 0 Å². The van der Waals surface area contributed by atoms with Gasteiger partial charge in [-0.25, -0.2) is 0 Å². The number of piperazine rings is 1. The molecule has 1 fully saturated rings. The summed E-state index contributed by atoms with van der Waals surface area (Å²) in [6.07, 6.45) is -0.271. The molecule has 3 heteroatoms. The Morgan fingerprint density at radius 2 is 2.00 bits per heavy atom. The Balaban J connectivity index is 2.35. The molecule has 0 radical (unpaired) electrons. The van der Waals surface area contributed by atoms with E-state index in [1.165, 1.54) is 11.4 Å². The molecular weight excluding hydrogens is 140 g/mol. The molecule has 11 heavy (non-hydrogen) atoms. The highest BCUT2D eigenvalue weighted by Crippen LogP contribution is 2.26. The number of allylic oxidation sites excluding steroid dienone is 2. The number of hydrogen-bond donors (Lipinski definition) is 1. The molecular formula is C8H14N2O. The Hall–Kier alpha value is -0.700. The van der Waals surface area contributed by atoms with Crippen LogP contribution in [-0.2, 0) is 0 Å². The number of nitrogens with zero attached hydrogens (tertiary/aromatic N) is 2. The van der Waals surface area contributed by atoms with E-state index in [-0.39, 0.29) is 6.23 Å². The van der Waals surface area contributed by atoms with Crippen molar-refractivity contribution in [3.8, 4) is 0 Å². The molecule has 0 amide bonds. The first-order valence-corrected chi connectivity index (χ1v) is 4.07. The molecule has 62 valence electrons. The molecule has 3 rings (SSSR count). The van der Waals surface area contributed by atoms with Crippen LogP contribution in [0.3, 0.4) is 0 Å². The first kappa shape index (κ1) is 6.98. The Bertz CT molecular complexity index is 212. The van der Waals surface area contributed by atoms with Gasteiger partial charge in [-0.1, -0.05) is 0 Å². The predicted molar refractivity (Wildman–Crippen MR) is 42.7 cm³/mol. The average molecular weight is 154 g/mol. The monoisotopic (exact) mass is 154 g/mol. The summed E-state index contributed by atoms with van der Waals surface area (Å²) >= 11 is 0. The van der Waals surface area contributed by atoms with E-state index in [2.05, 4.69) is 23.6 Å². The van der Waals surface area contributed by atoms with Crippen LogP contribution in [0.25, 0.3) is 0 Å². The van der Waals surface area contributed by atoms with E-state index in [0.717, 1.165) is 19.6 Å². The van der Waals surface area contributed by atoms with E-state index in [0.29, 0.717) is 0 Å². The molecule has 0 aromatic rings. The number of aliphatic hydroxyl groups is 1. The first-order valence-electron chi connectivity index (χ1n) is 4.07. The molecule has 3 aliphatic heterocycles. The van der Waals surface area contributed by atoms with Gasteiger partial charge in [0, 0.05) is 24.5 Å². The number of rotatable bonds is 0. The van der Waals surface area contributed by atoms with Crippen LogP contribution in [0.2, 0.25) is 0 Å². The minimum absolute atomic E-state index is 0.271. The van der Waals surface area contributed by atoms with Crippen LogP contribution < -0.4 is 0 Å². The molecule has 1 N–H and O–H groups in total. The molecule has 0 spiro atoms. The zero-order valence-corrected chi connectivity index (χ0v) is 7.04. The standard InChI is InChI=1S/C8H14N2O/c1-6-7(2)10-4-3-9(6)5-8(10)11/h8,11H,3-5H2,1-2H3. The van der Waals surface area contributed by atoms with Crippen LogP contribution >= 0.6 is 0 Å². The fourth-order valence-electron chi connectivity index (χ4n) is 1.90. The van der Waals surface area contributed by atoms with Gasteiger partial charge in [0.05, 0.1) is 6.54 Å². The summed E-state index contributed by atoms with van der Waals surface area (Å²) in [4.78, 5) is 4.33. The summed E-state index contributed by atoms with van der Waals surface area (Å²) < 4.78 is 0. The lowest BCUT2D eigenvalue weighted by molar-refractivity contribution is -0.0472. The van der Waals surface area contributed by atoms with Gasteiger partial charge >= 0.3 is 0 Å². The zero-order valence-electron chi connectivity index (χ0n) is 7.04. The maximum atomic E-state index is 9.54. The van der Waals surface area contributed by atoms with Gasteiger partial charge < -0.3 is 14.9 Å². The molecule has 0 aromatic heterocycles. The molecule has 0 aromatic carbocycles. The molecule has 1 unspecified atom stereocenters. The van der Waals surface area contributed by atoms with Crippen LogP contribution in [0.1, 0.15) is 13.8 Å². The Morgan fingerprint density at radius 3 is 2.45 bits per heavy atom. The average Bonchev–Trinajstić information content (AvgIpc) is 1.99. The lowest BCUT2D eigenvalue weighted by Crippen LogP contribution is -2.56. The normalized spacial score (nSPS) is 30.3. The van der Waals surface area contributed by atoms with E-state index in [1.807, 2.05) is 0 Å². The zero-order chi connectivity index (χ0) is 8.01. The van der Waals surface area contributed by atoms with Gasteiger partial charge in [-0.15, -0.1) is 0 Å². The third kappa shape index (κ3) is 0.839. The van der Waals surface area contributed by atoms with Gasteiger partial charge in [-0.05, 0) is 13.8 Å². The molecule has 0 aliphatic carbocycles. The number of aliphatic hydroxyl groups excluding tert-OH is 1. The van der Waals surface area contributed by atoms with Gasteiger partial charge in [-0.3, -0.25) is 0 Å². The molecule has 3 nitrogen and oxygen atoms in total. The predicted octanol–water partition coefficient (Wildman–Crippen LogP) is 0.187. The van der Waals surface area contributed by atoms with Crippen molar-refractivity contribution < 1.29 is 5.11 Å². The summed E-state index contributed by atoms with van der Waals surface area (Å²) in [5, 5.41) is 9.54. The van der Waals surface area contributed by atoms with Crippen LogP contribution in [0.15, 0.2) is 11.4 Å². The minimum atomic E-state index is -0.271. The smallest absolute Gasteiger partial charge is 0.144 e. The Labute approximate surface area is 66.9 Å². The summed E-state index contributed by atoms with van der Waals surface area (Å²) in [5.41, 5.74) is 2.55. The van der Waals surface area contributed by atoms with Crippen LogP contribution in [0.5, 0.6) is 0 Å². The summed E-state index contributed by atoms with van der Waals surface area (Å²) in [6.45, 7) is 7.02. The van der Waals surface area contributed by atoms with E-state index in [1.54, 1.807) is 0 Å². The van der Waals surface area contributed by atoms with Crippen LogP contribution in [-0.4, -0.2) is 40.8 Å². The quantitative estimate of drug-likeness (QED) is 0.539. The van der Waals surface area contributed by atoms with Crippen molar-refractivity contribution >= 4 is 0 Å². The van der Waals surface area contributed by atoms with Gasteiger partial charge in [-0.2, -0.15) is 0 Å². The van der Waals surface area contributed by atoms with Crippen LogP contribution in [0, 0.1) is 0 Å². The van der Waals surface area contributed by atoms with Crippen molar-refractivity contribution in [2.45, 2.75) is 20.1 Å². The molecule has 3 heterocycles. The molecule has 1 atom stereocenters. The van der Waals surface area contributed by atoms with Gasteiger partial charge in [0.25, 0.3) is 0 Å². The number of fused-ring (bicyclic) bond motifs is 2. The molecule has 2 bridgehead atoms. The highest BCUT2D eigenvalue weighted by Gasteiger charge is 2.32. The first-order chi connectivity index (χ1) is 5.20. The second-order valence-corrected chi connectivity index (χ2v) is 3.29. The van der Waals surface area contributed by atoms with Gasteiger partial charge in [0.1, 0.15) is 6.23 Å². The van der Waals surface area contributed by atoms with E-state index in [4.69, 9.17) is 0 Å². The largest absolute Gasteiger partial charge is 0.372 e. The van der Waals surface area contributed by atoms with Crippen molar-refractivity contribution in [2.24, 2.45) is 0 Å². The summed E-state index contributed by atoms with van der Waals surface area (Å²) in [6, 6.07) is 0. The van der Waals surface area contributed by atoms with Crippen molar-refractivity contribution in [3.05, 3.63) is 11.4 Å². The SMILES string of the molecule is CC1=C(C)N2CCN1CC2O. The molecule has 1 saturated heterocycles. The molecule has 0 saturated carbocycles. The summed E-state index contributed by atoms with van der Waals surface area (Å²) in [7, 11) is 0. The summed E-state index contributed by atoms with van der Waals surface area (Å²) in [5.74, 6) is 0. The Kier molecular flexibility index (Phi) is 1.36. The fourth-order valence-corrected chi connectivity index (χ4v) is 1.90. The highest BCUT2D eigenvalue weighted by atomic mass is 16.3. The van der Waals surface area contributed by atoms with Crippen molar-refractivity contribution in [1.82, 2.24) is 9.80 Å². The van der Waals surface area contributed by atoms with Crippen LogP contribution in [0.4, 0.5) is 0 Å². The van der Waals surface area contributed by atoms with E-state index < -0.39 is 0 Å². The maximum absolute atomic E-state index is 9.54. The van der Waals surface area contributed by atoms with Gasteiger partial charge in [0.15, 0.2) is 0 Å². The van der Waals surface area contributed by atoms with Crippen molar-refractivity contribution in [3.63, 3.8) is 0 Å². The van der Waals surface area contributed by atoms with Crippen molar-refractivity contribution in [1.29, 1.82) is 0 Å². The maximum Gasteiger partial charge on any atom is 0.144 e. The highest BCUT2D eigenvalue weighted by molar-refractivity contribution is 5.15. The molecule has 3 aliphatic rings. The second kappa shape index (κ2) is 2.14. The van der Waals surface area contributed by atoms with E-state index in [9.17, 15) is 5.11 Å². The third-order valence-electron chi connectivity index (χ3n) is 2.78. The Morgan fingerprint density at radius 1 is 1.27 bits per heavy atom. The fraction of sp³-hybridized carbons (Fsp3) is 0.750. The minimum Gasteiger partial charge on any atom is -0.372 e. The lowest BCUT2D eigenvalue weighted by Gasteiger charge is -2.48. The lowest BCUT2D eigenvalue weighted by atomic mass is 10.1. The topological polar surface area (TPSA) is 26.7 Å². The van der Waals surface area contributed by atoms with E-state index >= 15 is 0 Å². The van der Waals surface area contributed by atoms with Crippen molar-refractivity contribution in [2.75, 3.05) is 19.6 Å². The third-order valence-corrected chi connectivity index (χ3v) is 2.78. The number of hydrogen-bond acceptors (Lipinski definition) is 3. The second-order valence-electron chi connectivity index (χ2n) is 3.29.